The standard InChI is InChI=1S/C23H33FN10O9P2S2/c1-4-23(5-11(35)21(42-23)34-10-32-15-18(26)29-9-31-20(15)34)7-40-45(38,47)43-16-13(24)12(6-39-44(36,37)46)41-22(16)33(3)19-14(27-2)17(25)28-8-30-19/h8-13,16,21-22,35H,2,4-7H2,1,3H3,(H,38,47)(H2,25,28,30)(H2,26,29,31)(H2,36,37,46)/t11-,12-,13+,16-,21-,22-,23+,45?/m1/s1. The minimum atomic E-state index is -4.43. The fourth-order valence-electron chi connectivity index (χ4n) is 5.31. The largest absolute Gasteiger partial charge is 0.388 e. The molecule has 3 aromatic heterocycles. The molecule has 9 atom stereocenters. The molecule has 0 spiro atoms. The first kappa shape index (κ1) is 35.8. The number of aliphatic imine (C=N–C) groups is 1. The lowest BCUT2D eigenvalue weighted by atomic mass is 9.97. The van der Waals surface area contributed by atoms with Gasteiger partial charge in [-0.1, -0.05) is 31.4 Å². The van der Waals surface area contributed by atoms with Gasteiger partial charge in [0.05, 0.1) is 25.1 Å². The number of nitrogen functional groups attached to an aromatic ring is 2. The molecule has 2 aliphatic rings. The number of aliphatic hydroxyl groups is 1. The maximum atomic E-state index is 15.9. The van der Waals surface area contributed by atoms with E-state index in [2.05, 4.69) is 61.1 Å². The molecule has 0 aliphatic carbocycles. The minimum Gasteiger partial charge on any atom is -0.388 e. The maximum Gasteiger partial charge on any atom is 0.386 e. The molecule has 6 N–H and O–H groups in total. The Labute approximate surface area is 277 Å². The Balaban J connectivity index is 1.35. The van der Waals surface area contributed by atoms with Crippen LogP contribution in [-0.4, -0.2) is 103 Å². The monoisotopic (exact) mass is 738 g/mol. The molecule has 3 aromatic rings. The lowest BCUT2D eigenvalue weighted by Crippen LogP contribution is -2.43. The summed E-state index contributed by atoms with van der Waals surface area (Å²) in [5, 5.41) is 11.0. The number of thiol groups is 2. The molecular formula is C23H33FN10O9P2S2. The highest BCUT2D eigenvalue weighted by atomic mass is 32.7. The first-order valence-corrected chi connectivity index (χ1v) is 19.3. The highest BCUT2D eigenvalue weighted by molar-refractivity contribution is 8.44. The second-order valence-corrected chi connectivity index (χ2v) is 16.3. The summed E-state index contributed by atoms with van der Waals surface area (Å²) in [5.74, 6) is 0.167. The third-order valence-corrected chi connectivity index (χ3v) is 10.1. The Morgan fingerprint density at radius 1 is 1.21 bits per heavy atom. The van der Waals surface area contributed by atoms with Crippen LogP contribution in [0.3, 0.4) is 0 Å². The topological polar surface area (TPSA) is 258 Å². The second kappa shape index (κ2) is 13.8. The molecule has 5 rings (SSSR count). The van der Waals surface area contributed by atoms with E-state index in [1.165, 1.54) is 29.2 Å². The Morgan fingerprint density at radius 2 is 1.91 bits per heavy atom. The van der Waals surface area contributed by atoms with Crippen LogP contribution in [0.1, 0.15) is 26.0 Å². The van der Waals surface area contributed by atoms with Crippen LogP contribution in [-0.2, 0) is 32.2 Å². The third-order valence-electron chi connectivity index (χ3n) is 7.71. The van der Waals surface area contributed by atoms with Crippen molar-refractivity contribution < 1.29 is 46.6 Å². The van der Waals surface area contributed by atoms with Crippen molar-refractivity contribution in [2.45, 2.75) is 62.3 Å². The Kier molecular flexibility index (Phi) is 10.5. The van der Waals surface area contributed by atoms with Gasteiger partial charge in [0.25, 0.3) is 0 Å². The van der Waals surface area contributed by atoms with E-state index in [0.717, 1.165) is 6.33 Å². The summed E-state index contributed by atoms with van der Waals surface area (Å²) >= 11 is 7.54. The van der Waals surface area contributed by atoms with Crippen molar-refractivity contribution in [1.82, 2.24) is 29.5 Å². The first-order chi connectivity index (χ1) is 22.1. The number of nitrogens with zero attached hydrogens (tertiary/aromatic N) is 8. The fraction of sp³-hybridized carbons (Fsp3) is 0.565. The van der Waals surface area contributed by atoms with Crippen molar-refractivity contribution >= 4 is 79.1 Å². The second-order valence-electron chi connectivity index (χ2n) is 10.7. The van der Waals surface area contributed by atoms with Crippen molar-refractivity contribution in [2.24, 2.45) is 4.99 Å². The normalized spacial score (nSPS) is 30.3. The Morgan fingerprint density at radius 3 is 2.60 bits per heavy atom. The molecule has 2 aliphatic heterocycles. The molecule has 19 nitrogen and oxygen atoms in total. The van der Waals surface area contributed by atoms with Crippen LogP contribution in [0.25, 0.3) is 11.2 Å². The van der Waals surface area contributed by atoms with Crippen LogP contribution >= 0.6 is 38.1 Å². The van der Waals surface area contributed by atoms with E-state index >= 15 is 4.39 Å². The van der Waals surface area contributed by atoms with Gasteiger partial charge in [0.1, 0.15) is 42.2 Å². The van der Waals surface area contributed by atoms with Gasteiger partial charge >= 0.3 is 13.6 Å². The molecule has 2 fully saturated rings. The van der Waals surface area contributed by atoms with E-state index in [9.17, 15) is 19.1 Å². The van der Waals surface area contributed by atoms with Crippen molar-refractivity contribution in [1.29, 1.82) is 0 Å². The van der Waals surface area contributed by atoms with Crippen LogP contribution in [0.2, 0.25) is 0 Å². The van der Waals surface area contributed by atoms with E-state index in [1.54, 1.807) is 6.92 Å². The number of fused-ring (bicyclic) bond motifs is 1. The van der Waals surface area contributed by atoms with Gasteiger partial charge in [-0.15, -0.1) is 0 Å². The van der Waals surface area contributed by atoms with E-state index in [4.69, 9.17) is 34.5 Å². The molecule has 5 heterocycles. The maximum absolute atomic E-state index is 15.9. The van der Waals surface area contributed by atoms with E-state index in [-0.39, 0.29) is 36.2 Å². The van der Waals surface area contributed by atoms with Gasteiger partial charge in [-0.3, -0.25) is 23.1 Å². The average Bonchev–Trinajstić information content (AvgIpc) is 3.68. The minimum absolute atomic E-state index is 0.0370. The summed E-state index contributed by atoms with van der Waals surface area (Å²) in [5.41, 5.74) is 11.3. The number of ether oxygens (including phenoxy) is 2. The number of likely N-dealkylation sites (N-methyl/N-ethyl adjacent to an activating group) is 1. The van der Waals surface area contributed by atoms with Crippen LogP contribution in [0.5, 0.6) is 0 Å². The SMILES string of the molecule is C=Nc1c(N)ncnc1N(C)[C@@H]1O[C@H](COP(=O)(O)S)[C@H](F)[C@H]1OP(=O)(S)OC[C@]1(CC)C[C@@H](O)[C@H](n2cnc3c(N)ncnc32)O1. The number of hydrogen-bond donors (Lipinski definition) is 6. The summed E-state index contributed by atoms with van der Waals surface area (Å²) in [6, 6.07) is 0. The number of nitrogens with two attached hydrogens (primary N) is 2. The number of rotatable bonds is 13. The molecule has 2 unspecified atom stereocenters. The van der Waals surface area contributed by atoms with Gasteiger partial charge in [-0.25, -0.2) is 38.4 Å². The highest BCUT2D eigenvalue weighted by Crippen LogP contribution is 2.58. The van der Waals surface area contributed by atoms with Gasteiger partial charge < -0.3 is 35.8 Å². The zero-order valence-corrected chi connectivity index (χ0v) is 28.5. The summed E-state index contributed by atoms with van der Waals surface area (Å²) in [4.78, 5) is 34.9. The van der Waals surface area contributed by atoms with Gasteiger partial charge in [0.15, 0.2) is 41.7 Å². The van der Waals surface area contributed by atoms with E-state index < -0.39 is 62.7 Å². The molecule has 0 bridgehead atoms. The zero-order valence-electron chi connectivity index (χ0n) is 24.9. The first-order valence-electron chi connectivity index (χ1n) is 13.8. The number of anilines is 3. The van der Waals surface area contributed by atoms with Crippen molar-refractivity contribution in [2.75, 3.05) is 36.6 Å². The predicted octanol–water partition coefficient (Wildman–Crippen LogP) is 2.23. The Hall–Kier alpha value is -2.49. The van der Waals surface area contributed by atoms with E-state index in [0.29, 0.717) is 17.6 Å². The van der Waals surface area contributed by atoms with Gasteiger partial charge in [0, 0.05) is 13.5 Å². The van der Waals surface area contributed by atoms with Crippen LogP contribution in [0.4, 0.5) is 27.5 Å². The number of halogens is 1. The van der Waals surface area contributed by atoms with Crippen LogP contribution < -0.4 is 16.4 Å². The molecule has 0 radical (unpaired) electrons. The van der Waals surface area contributed by atoms with E-state index in [1.807, 2.05) is 0 Å². The number of hydrogen-bond acceptors (Lipinski definition) is 17. The summed E-state index contributed by atoms with van der Waals surface area (Å²) in [6.45, 7) is -4.63. The van der Waals surface area contributed by atoms with Crippen LogP contribution in [0, 0.1) is 0 Å². The highest BCUT2D eigenvalue weighted by Gasteiger charge is 2.53. The fourth-order valence-corrected chi connectivity index (χ4v) is 7.33. The van der Waals surface area contributed by atoms with Gasteiger partial charge in [0.2, 0.25) is 0 Å². The molecule has 24 heteroatoms. The number of imidazole rings is 1. The lowest BCUT2D eigenvalue weighted by molar-refractivity contribution is -0.106. The number of alkyl halides is 1. The number of aliphatic hydroxyl groups excluding tert-OH is 1. The molecule has 0 amide bonds. The van der Waals surface area contributed by atoms with Gasteiger partial charge in [-0.2, -0.15) is 0 Å². The molecule has 0 saturated carbocycles. The summed E-state index contributed by atoms with van der Waals surface area (Å²) < 4.78 is 70.7. The third kappa shape index (κ3) is 7.57. The van der Waals surface area contributed by atoms with Gasteiger partial charge in [-0.05, 0) is 13.1 Å². The molecule has 0 aromatic carbocycles. The smallest absolute Gasteiger partial charge is 0.386 e. The van der Waals surface area contributed by atoms with Crippen molar-refractivity contribution in [3.8, 4) is 0 Å². The zero-order chi connectivity index (χ0) is 34.3. The number of aromatic nitrogens is 6. The quantitative estimate of drug-likeness (QED) is 0.0834. The lowest BCUT2D eigenvalue weighted by Gasteiger charge is -2.32. The van der Waals surface area contributed by atoms with Crippen molar-refractivity contribution in [3.05, 3.63) is 19.0 Å². The Bertz CT molecular complexity index is 1720. The molecular weight excluding hydrogens is 705 g/mol. The summed E-state index contributed by atoms with van der Waals surface area (Å²) in [6.07, 6.45) is -4.57. The molecule has 2 saturated heterocycles. The predicted molar refractivity (Wildman–Crippen MR) is 173 cm³/mol. The molecule has 47 heavy (non-hydrogen) atoms. The van der Waals surface area contributed by atoms with Crippen molar-refractivity contribution in [3.63, 3.8) is 0 Å². The average molecular weight is 739 g/mol. The summed E-state index contributed by atoms with van der Waals surface area (Å²) in [7, 11) is 1.44. The molecule has 258 valence electrons. The van der Waals surface area contributed by atoms with Crippen LogP contribution in [0.15, 0.2) is 24.0 Å².